The number of carbonyl (C=O) groups excluding carboxylic acids is 1. The van der Waals surface area contributed by atoms with Gasteiger partial charge in [0.05, 0.1) is 19.4 Å². The topological polar surface area (TPSA) is 66.8 Å². The maximum absolute atomic E-state index is 11.7. The largest absolute Gasteiger partial charge is 0.481 e. The average molecular weight is 231 g/mol. The highest BCUT2D eigenvalue weighted by Gasteiger charge is 2.17. The van der Waals surface area contributed by atoms with E-state index in [4.69, 9.17) is 9.84 Å². The number of carbonyl (C=O) groups is 2. The molecule has 0 atom stereocenters. The van der Waals surface area contributed by atoms with Crippen molar-refractivity contribution in [3.63, 3.8) is 0 Å². The monoisotopic (exact) mass is 231 g/mol. The van der Waals surface area contributed by atoms with Crippen molar-refractivity contribution in [2.24, 2.45) is 0 Å². The Morgan fingerprint density at radius 2 is 1.94 bits per heavy atom. The average Bonchev–Trinajstić information content (AvgIpc) is 2.17. The van der Waals surface area contributed by atoms with Crippen LogP contribution in [0, 0.1) is 0 Å². The molecule has 0 radical (unpaired) electrons. The zero-order valence-electron chi connectivity index (χ0n) is 10.2. The first-order valence-electron chi connectivity index (χ1n) is 5.58. The SMILES string of the molecule is CCOCCC(=O)N(CCC(=O)O)C(C)C. The summed E-state index contributed by atoms with van der Waals surface area (Å²) in [6, 6.07) is 0.0217. The van der Waals surface area contributed by atoms with Gasteiger partial charge in [0.25, 0.3) is 0 Å². The van der Waals surface area contributed by atoms with E-state index in [0.717, 1.165) is 0 Å². The molecule has 1 N–H and O–H groups in total. The van der Waals surface area contributed by atoms with Gasteiger partial charge in [-0.05, 0) is 20.8 Å². The Labute approximate surface area is 96.4 Å². The van der Waals surface area contributed by atoms with E-state index in [1.54, 1.807) is 4.90 Å². The van der Waals surface area contributed by atoms with E-state index in [1.807, 2.05) is 20.8 Å². The first kappa shape index (κ1) is 14.9. The lowest BCUT2D eigenvalue weighted by Crippen LogP contribution is -2.38. The summed E-state index contributed by atoms with van der Waals surface area (Å²) in [4.78, 5) is 23.7. The number of hydrogen-bond donors (Lipinski definition) is 1. The first-order chi connectivity index (χ1) is 7.49. The number of carboxylic acid groups (broad SMARTS) is 1. The van der Waals surface area contributed by atoms with Gasteiger partial charge in [0.2, 0.25) is 5.91 Å². The molecule has 1 amide bonds. The first-order valence-corrected chi connectivity index (χ1v) is 5.58. The molecule has 0 aliphatic carbocycles. The molecule has 0 saturated carbocycles. The molecule has 0 heterocycles. The number of ether oxygens (including phenoxy) is 1. The minimum atomic E-state index is -0.886. The van der Waals surface area contributed by atoms with Gasteiger partial charge in [0.1, 0.15) is 0 Å². The summed E-state index contributed by atoms with van der Waals surface area (Å²) < 4.78 is 5.10. The van der Waals surface area contributed by atoms with Crippen LogP contribution in [0.2, 0.25) is 0 Å². The molecule has 94 valence electrons. The highest BCUT2D eigenvalue weighted by atomic mass is 16.5. The molecule has 0 aromatic rings. The zero-order chi connectivity index (χ0) is 12.6. The van der Waals surface area contributed by atoms with Crippen molar-refractivity contribution in [3.8, 4) is 0 Å². The molecule has 0 unspecified atom stereocenters. The van der Waals surface area contributed by atoms with Crippen LogP contribution in [0.25, 0.3) is 0 Å². The minimum absolute atomic E-state index is 0.0153. The summed E-state index contributed by atoms with van der Waals surface area (Å²) >= 11 is 0. The van der Waals surface area contributed by atoms with E-state index in [2.05, 4.69) is 0 Å². The van der Waals surface area contributed by atoms with Crippen LogP contribution in [0.4, 0.5) is 0 Å². The van der Waals surface area contributed by atoms with Crippen LogP contribution in [0.5, 0.6) is 0 Å². The van der Waals surface area contributed by atoms with Crippen LogP contribution in [0.1, 0.15) is 33.6 Å². The van der Waals surface area contributed by atoms with Gasteiger partial charge in [0.15, 0.2) is 0 Å². The van der Waals surface area contributed by atoms with Crippen molar-refractivity contribution in [1.29, 1.82) is 0 Å². The third kappa shape index (κ3) is 6.40. The lowest BCUT2D eigenvalue weighted by Gasteiger charge is -2.26. The zero-order valence-corrected chi connectivity index (χ0v) is 10.2. The normalized spacial score (nSPS) is 10.5. The molecule has 5 nitrogen and oxygen atoms in total. The molecule has 0 spiro atoms. The lowest BCUT2D eigenvalue weighted by atomic mass is 10.2. The summed E-state index contributed by atoms with van der Waals surface area (Å²) in [5.74, 6) is -0.937. The molecular weight excluding hydrogens is 210 g/mol. The summed E-state index contributed by atoms with van der Waals surface area (Å²) in [6.07, 6.45) is 0.296. The molecule has 0 aromatic carbocycles. The quantitative estimate of drug-likeness (QED) is 0.636. The van der Waals surface area contributed by atoms with E-state index in [1.165, 1.54) is 0 Å². The van der Waals surface area contributed by atoms with Crippen LogP contribution < -0.4 is 0 Å². The third-order valence-electron chi connectivity index (χ3n) is 2.17. The van der Waals surface area contributed by atoms with Crippen LogP contribution in [0.15, 0.2) is 0 Å². The van der Waals surface area contributed by atoms with Gasteiger partial charge in [-0.25, -0.2) is 0 Å². The van der Waals surface area contributed by atoms with Gasteiger partial charge in [0, 0.05) is 19.2 Å². The maximum Gasteiger partial charge on any atom is 0.305 e. The van der Waals surface area contributed by atoms with Crippen molar-refractivity contribution in [2.45, 2.75) is 39.7 Å². The number of rotatable bonds is 8. The molecule has 0 saturated heterocycles. The Morgan fingerprint density at radius 3 is 2.38 bits per heavy atom. The minimum Gasteiger partial charge on any atom is -0.481 e. The second kappa shape index (κ2) is 8.10. The van der Waals surface area contributed by atoms with Crippen LogP contribution in [0.3, 0.4) is 0 Å². The molecule has 0 fully saturated rings. The smallest absolute Gasteiger partial charge is 0.305 e. The molecule has 0 aliphatic heterocycles. The van der Waals surface area contributed by atoms with Gasteiger partial charge < -0.3 is 14.7 Å². The molecule has 5 heteroatoms. The van der Waals surface area contributed by atoms with E-state index < -0.39 is 5.97 Å². The van der Waals surface area contributed by atoms with Crippen molar-refractivity contribution in [2.75, 3.05) is 19.8 Å². The fraction of sp³-hybridized carbons (Fsp3) is 0.818. The van der Waals surface area contributed by atoms with Crippen molar-refractivity contribution >= 4 is 11.9 Å². The number of hydrogen-bond acceptors (Lipinski definition) is 3. The van der Waals surface area contributed by atoms with E-state index >= 15 is 0 Å². The van der Waals surface area contributed by atoms with E-state index in [9.17, 15) is 9.59 Å². The second-order valence-corrected chi connectivity index (χ2v) is 3.77. The maximum atomic E-state index is 11.7. The van der Waals surface area contributed by atoms with Gasteiger partial charge in [-0.3, -0.25) is 9.59 Å². The van der Waals surface area contributed by atoms with E-state index in [0.29, 0.717) is 19.6 Å². The Hall–Kier alpha value is -1.10. The Balaban J connectivity index is 4.08. The number of aliphatic carboxylic acids is 1. The van der Waals surface area contributed by atoms with Gasteiger partial charge >= 0.3 is 5.97 Å². The molecular formula is C11H21NO4. The Bertz CT molecular complexity index is 228. The second-order valence-electron chi connectivity index (χ2n) is 3.77. The predicted octanol–water partition coefficient (Wildman–Crippen LogP) is 1.12. The lowest BCUT2D eigenvalue weighted by molar-refractivity contribution is -0.139. The molecule has 0 aromatic heterocycles. The number of amides is 1. The van der Waals surface area contributed by atoms with Gasteiger partial charge in [-0.15, -0.1) is 0 Å². The third-order valence-corrected chi connectivity index (χ3v) is 2.17. The highest BCUT2D eigenvalue weighted by molar-refractivity contribution is 5.77. The van der Waals surface area contributed by atoms with Gasteiger partial charge in [-0.1, -0.05) is 0 Å². The van der Waals surface area contributed by atoms with Crippen LogP contribution in [-0.2, 0) is 14.3 Å². The summed E-state index contributed by atoms with van der Waals surface area (Å²) in [6.45, 7) is 6.86. The number of nitrogens with zero attached hydrogens (tertiary/aromatic N) is 1. The van der Waals surface area contributed by atoms with Gasteiger partial charge in [-0.2, -0.15) is 0 Å². The molecule has 0 aliphatic rings. The summed E-state index contributed by atoms with van der Waals surface area (Å²) in [5.41, 5.74) is 0. The fourth-order valence-electron chi connectivity index (χ4n) is 1.33. The van der Waals surface area contributed by atoms with Crippen molar-refractivity contribution in [3.05, 3.63) is 0 Å². The molecule has 0 rings (SSSR count). The Kier molecular flexibility index (Phi) is 7.54. The van der Waals surface area contributed by atoms with E-state index in [-0.39, 0.29) is 24.9 Å². The van der Waals surface area contributed by atoms with Crippen LogP contribution >= 0.6 is 0 Å². The number of carboxylic acids is 1. The molecule has 0 bridgehead atoms. The van der Waals surface area contributed by atoms with Crippen molar-refractivity contribution < 1.29 is 19.4 Å². The highest BCUT2D eigenvalue weighted by Crippen LogP contribution is 2.03. The fourth-order valence-corrected chi connectivity index (χ4v) is 1.33. The van der Waals surface area contributed by atoms with Crippen molar-refractivity contribution in [1.82, 2.24) is 4.90 Å². The Morgan fingerprint density at radius 1 is 1.31 bits per heavy atom. The summed E-state index contributed by atoms with van der Waals surface area (Å²) in [5, 5.41) is 8.58. The summed E-state index contributed by atoms with van der Waals surface area (Å²) in [7, 11) is 0. The van der Waals surface area contributed by atoms with Crippen LogP contribution in [-0.4, -0.2) is 47.7 Å². The standard InChI is InChI=1S/C11H21NO4/c1-4-16-8-6-10(13)12(9(2)3)7-5-11(14)15/h9H,4-8H2,1-3H3,(H,14,15). The molecule has 16 heavy (non-hydrogen) atoms. The predicted molar refractivity (Wildman–Crippen MR) is 60.2 cm³/mol.